The Hall–Kier alpha value is -3.53. The van der Waals surface area contributed by atoms with Crippen LogP contribution in [0.25, 0.3) is 33.6 Å². The molecule has 0 unspecified atom stereocenters. The molecule has 0 spiro atoms. The van der Waals surface area contributed by atoms with Crippen LogP contribution in [0.2, 0.25) is 0 Å². The van der Waals surface area contributed by atoms with Crippen molar-refractivity contribution in [3.8, 4) is 33.6 Å². The van der Waals surface area contributed by atoms with Gasteiger partial charge in [-0.25, -0.2) is 0 Å². The van der Waals surface area contributed by atoms with E-state index in [9.17, 15) is 4.39 Å². The first-order valence-corrected chi connectivity index (χ1v) is 10.1. The predicted molar refractivity (Wildman–Crippen MR) is 125 cm³/mol. The van der Waals surface area contributed by atoms with Crippen molar-refractivity contribution in [2.45, 2.75) is 6.92 Å². The maximum absolute atomic E-state index is 12.9. The van der Waals surface area contributed by atoms with E-state index in [1.165, 1.54) is 12.1 Å². The molecular formula is C28H20FIrN3-2. The van der Waals surface area contributed by atoms with Crippen molar-refractivity contribution in [3.05, 3.63) is 127 Å². The van der Waals surface area contributed by atoms with Gasteiger partial charge in [-0.2, -0.15) is 0 Å². The van der Waals surface area contributed by atoms with Crippen molar-refractivity contribution >= 4 is 0 Å². The molecule has 0 aliphatic carbocycles. The molecule has 0 saturated heterocycles. The summed E-state index contributed by atoms with van der Waals surface area (Å²) in [5.41, 5.74) is 6.85. The Morgan fingerprint density at radius 1 is 0.758 bits per heavy atom. The number of halogens is 1. The Balaban J connectivity index is 0.000000202. The van der Waals surface area contributed by atoms with Crippen molar-refractivity contribution in [1.29, 1.82) is 0 Å². The molecule has 0 atom stereocenters. The fourth-order valence-electron chi connectivity index (χ4n) is 3.18. The van der Waals surface area contributed by atoms with Gasteiger partial charge < -0.3 is 9.97 Å². The van der Waals surface area contributed by atoms with Gasteiger partial charge in [0.2, 0.25) is 0 Å². The van der Waals surface area contributed by atoms with E-state index in [2.05, 4.69) is 27.1 Å². The summed E-state index contributed by atoms with van der Waals surface area (Å²) in [5, 5.41) is 0. The molecule has 0 saturated carbocycles. The van der Waals surface area contributed by atoms with Gasteiger partial charge in [-0.05, 0) is 47.6 Å². The Bertz CT molecular complexity index is 1230. The number of nitrogens with zero attached hydrogens (tertiary/aromatic N) is 3. The Morgan fingerprint density at radius 2 is 1.55 bits per heavy atom. The summed E-state index contributed by atoms with van der Waals surface area (Å²) in [4.78, 5) is 12.7. The fourth-order valence-corrected chi connectivity index (χ4v) is 3.18. The zero-order chi connectivity index (χ0) is 22.2. The summed E-state index contributed by atoms with van der Waals surface area (Å²) in [5.74, 6) is -0.293. The molecule has 1 radical (unpaired) electrons. The van der Waals surface area contributed by atoms with Gasteiger partial charge in [-0.15, -0.1) is 65.7 Å². The summed E-state index contributed by atoms with van der Waals surface area (Å²) in [6.45, 7) is 2.03. The summed E-state index contributed by atoms with van der Waals surface area (Å²) < 4.78 is 12.9. The Labute approximate surface area is 206 Å². The van der Waals surface area contributed by atoms with Crippen molar-refractivity contribution < 1.29 is 24.5 Å². The molecule has 0 fully saturated rings. The minimum absolute atomic E-state index is 0. The second-order valence-electron chi connectivity index (χ2n) is 7.03. The number of hydrogen-bond donors (Lipinski definition) is 0. The summed E-state index contributed by atoms with van der Waals surface area (Å²) >= 11 is 0. The second-order valence-corrected chi connectivity index (χ2v) is 7.03. The summed E-state index contributed by atoms with van der Waals surface area (Å²) in [6.07, 6.45) is 7.14. The van der Waals surface area contributed by atoms with Crippen LogP contribution < -0.4 is 0 Å². The third kappa shape index (κ3) is 6.48. The van der Waals surface area contributed by atoms with Crippen molar-refractivity contribution in [2.24, 2.45) is 0 Å². The normalized spacial score (nSPS) is 9.88. The molecule has 3 heterocycles. The molecule has 0 aliphatic rings. The molecule has 5 rings (SSSR count). The number of benzene rings is 2. The Morgan fingerprint density at radius 3 is 2.18 bits per heavy atom. The molecule has 0 amide bonds. The van der Waals surface area contributed by atoms with Crippen LogP contribution in [0.4, 0.5) is 4.39 Å². The number of hydrogen-bond acceptors (Lipinski definition) is 3. The fraction of sp³-hybridized carbons (Fsp3) is 0.0357. The predicted octanol–water partition coefficient (Wildman–Crippen LogP) is 6.60. The third-order valence-electron chi connectivity index (χ3n) is 4.80. The van der Waals surface area contributed by atoms with Gasteiger partial charge in [0.1, 0.15) is 0 Å². The molecule has 3 aromatic heterocycles. The van der Waals surface area contributed by atoms with E-state index >= 15 is 0 Å². The number of pyridine rings is 3. The van der Waals surface area contributed by atoms with Crippen LogP contribution in [0.5, 0.6) is 0 Å². The molecule has 165 valence electrons. The van der Waals surface area contributed by atoms with E-state index in [4.69, 9.17) is 0 Å². The van der Waals surface area contributed by atoms with Crippen molar-refractivity contribution in [1.82, 2.24) is 15.0 Å². The van der Waals surface area contributed by atoms with Gasteiger partial charge in [-0.1, -0.05) is 18.2 Å². The maximum Gasteiger partial charge on any atom is 0.0379 e. The van der Waals surface area contributed by atoms with Crippen LogP contribution in [-0.2, 0) is 20.1 Å². The SMILES string of the molecule is Cc1cc(-c2[c-]cc(F)cc2)ncc1-c1ccncc1.[Ir].[c-]1ccccc1-c1ccccn1. The zero-order valence-corrected chi connectivity index (χ0v) is 20.3. The minimum atomic E-state index is -0.293. The van der Waals surface area contributed by atoms with Gasteiger partial charge in [0.25, 0.3) is 0 Å². The van der Waals surface area contributed by atoms with E-state index in [1.807, 2.05) is 73.8 Å². The number of rotatable bonds is 3. The second kappa shape index (κ2) is 11.9. The first-order chi connectivity index (χ1) is 15.7. The molecule has 2 aromatic carbocycles. The monoisotopic (exact) mass is 610 g/mol. The molecular weight excluding hydrogens is 590 g/mol. The van der Waals surface area contributed by atoms with Gasteiger partial charge in [-0.3, -0.25) is 9.37 Å². The van der Waals surface area contributed by atoms with Gasteiger partial charge in [0, 0.05) is 56.3 Å². The standard InChI is InChI=1S/C17H12FN2.C11H8N.Ir/c1-12-10-17(14-2-4-15(18)5-3-14)20-11-16(12)13-6-8-19-9-7-13;1-2-6-10(7-3-1)11-8-4-5-9-12-11;/h2,4-11H,1H3;1-6,8-9H;/q2*-1;. The third-order valence-corrected chi connectivity index (χ3v) is 4.80. The molecule has 0 bridgehead atoms. The first-order valence-electron chi connectivity index (χ1n) is 10.1. The van der Waals surface area contributed by atoms with E-state index in [1.54, 1.807) is 24.7 Å². The molecule has 5 heteroatoms. The summed E-state index contributed by atoms with van der Waals surface area (Å²) in [6, 6.07) is 30.0. The number of aryl methyl sites for hydroxylation is 1. The minimum Gasteiger partial charge on any atom is -0.305 e. The van der Waals surface area contributed by atoms with Crippen LogP contribution in [0.1, 0.15) is 5.56 Å². The van der Waals surface area contributed by atoms with E-state index in [0.717, 1.165) is 39.2 Å². The van der Waals surface area contributed by atoms with Crippen LogP contribution in [0.3, 0.4) is 0 Å². The van der Waals surface area contributed by atoms with Gasteiger partial charge >= 0.3 is 0 Å². The molecule has 5 aromatic rings. The first kappa shape index (κ1) is 24.1. The average molecular weight is 610 g/mol. The van der Waals surface area contributed by atoms with Crippen LogP contribution in [-0.4, -0.2) is 15.0 Å². The Kier molecular flexibility index (Phi) is 8.70. The zero-order valence-electron chi connectivity index (χ0n) is 17.9. The van der Waals surface area contributed by atoms with Crippen LogP contribution in [0, 0.1) is 24.9 Å². The molecule has 33 heavy (non-hydrogen) atoms. The van der Waals surface area contributed by atoms with Crippen LogP contribution in [0.15, 0.2) is 104 Å². The smallest absolute Gasteiger partial charge is 0.0379 e. The van der Waals surface area contributed by atoms with E-state index in [-0.39, 0.29) is 25.9 Å². The maximum atomic E-state index is 12.9. The topological polar surface area (TPSA) is 38.7 Å². The quantitative estimate of drug-likeness (QED) is 0.216. The van der Waals surface area contributed by atoms with Gasteiger partial charge in [0.15, 0.2) is 0 Å². The largest absolute Gasteiger partial charge is 0.305 e. The molecule has 0 aliphatic heterocycles. The van der Waals surface area contributed by atoms with Crippen molar-refractivity contribution in [2.75, 3.05) is 0 Å². The average Bonchev–Trinajstić information content (AvgIpc) is 2.86. The van der Waals surface area contributed by atoms with E-state index < -0.39 is 0 Å². The molecule has 3 nitrogen and oxygen atoms in total. The number of aromatic nitrogens is 3. The van der Waals surface area contributed by atoms with Crippen LogP contribution >= 0.6 is 0 Å². The van der Waals surface area contributed by atoms with Crippen molar-refractivity contribution in [3.63, 3.8) is 0 Å². The molecule has 0 N–H and O–H groups in total. The van der Waals surface area contributed by atoms with E-state index in [0.29, 0.717) is 0 Å². The summed E-state index contributed by atoms with van der Waals surface area (Å²) in [7, 11) is 0. The van der Waals surface area contributed by atoms with Gasteiger partial charge in [0.05, 0.1) is 0 Å².